The topological polar surface area (TPSA) is 79.3 Å². The zero-order valence-electron chi connectivity index (χ0n) is 11.5. The summed E-state index contributed by atoms with van der Waals surface area (Å²) in [5.74, 6) is -0.964. The first-order chi connectivity index (χ1) is 10.1. The van der Waals surface area contributed by atoms with Gasteiger partial charge in [-0.1, -0.05) is 18.2 Å². The van der Waals surface area contributed by atoms with Crippen molar-refractivity contribution in [2.24, 2.45) is 0 Å². The van der Waals surface area contributed by atoms with E-state index in [1.165, 1.54) is 0 Å². The molecule has 2 rings (SSSR count). The normalized spacial score (nSPS) is 10.1. The highest BCUT2D eigenvalue weighted by Crippen LogP contribution is 2.11. The van der Waals surface area contributed by atoms with E-state index in [-0.39, 0.29) is 12.3 Å². The lowest BCUT2D eigenvalue weighted by atomic mass is 10.1. The van der Waals surface area contributed by atoms with E-state index in [1.54, 1.807) is 30.5 Å². The molecule has 0 fully saturated rings. The maximum Gasteiger partial charge on any atom is 0.307 e. The molecule has 1 amide bonds. The largest absolute Gasteiger partial charge is 0.481 e. The molecule has 0 saturated heterocycles. The number of aliphatic carboxylic acids is 1. The van der Waals surface area contributed by atoms with Gasteiger partial charge in [0.1, 0.15) is 0 Å². The molecule has 1 aromatic heterocycles. The van der Waals surface area contributed by atoms with Crippen molar-refractivity contribution in [2.45, 2.75) is 19.3 Å². The highest BCUT2D eigenvalue weighted by molar-refractivity contribution is 5.90. The molecule has 0 aliphatic rings. The molecular formula is C16H16N2O3. The number of carbonyl (C=O) groups excluding carboxylic acids is 1. The van der Waals surface area contributed by atoms with Gasteiger partial charge in [-0.05, 0) is 36.2 Å². The lowest BCUT2D eigenvalue weighted by molar-refractivity contribution is -0.136. The van der Waals surface area contributed by atoms with Gasteiger partial charge < -0.3 is 10.4 Å². The first-order valence-electron chi connectivity index (χ1n) is 6.64. The number of nitrogens with zero attached hydrogens (tertiary/aromatic N) is 1. The molecule has 0 atom stereocenters. The summed E-state index contributed by atoms with van der Waals surface area (Å²) in [7, 11) is 0. The Balaban J connectivity index is 1.83. The monoisotopic (exact) mass is 284 g/mol. The molecule has 1 heterocycles. The zero-order valence-corrected chi connectivity index (χ0v) is 11.5. The smallest absolute Gasteiger partial charge is 0.307 e. The predicted molar refractivity (Wildman–Crippen MR) is 79.0 cm³/mol. The summed E-state index contributed by atoms with van der Waals surface area (Å²) in [5, 5.41) is 11.5. The molecule has 0 bridgehead atoms. The summed E-state index contributed by atoms with van der Waals surface area (Å²) in [6.45, 7) is 0. The molecule has 0 unspecified atom stereocenters. The van der Waals surface area contributed by atoms with Crippen LogP contribution in [0.5, 0.6) is 0 Å². The molecule has 0 spiro atoms. The van der Waals surface area contributed by atoms with Crippen molar-refractivity contribution in [2.75, 3.05) is 5.32 Å². The highest BCUT2D eigenvalue weighted by atomic mass is 16.4. The van der Waals surface area contributed by atoms with Crippen LogP contribution >= 0.6 is 0 Å². The lowest BCUT2D eigenvalue weighted by Gasteiger charge is -2.06. The Kier molecular flexibility index (Phi) is 5.04. The molecule has 0 saturated carbocycles. The molecule has 0 aliphatic heterocycles. The number of carboxylic acid groups (broad SMARTS) is 1. The standard InChI is InChI=1S/C16H16N2O3/c19-15(9-8-13-3-1-2-10-17-13)18-14-6-4-12(5-7-14)11-16(20)21/h1-7,10H,8-9,11H2,(H,18,19)(H,20,21). The van der Waals surface area contributed by atoms with Crippen LogP contribution in [0.2, 0.25) is 0 Å². The van der Waals surface area contributed by atoms with Gasteiger partial charge in [0.25, 0.3) is 0 Å². The number of carboxylic acids is 1. The van der Waals surface area contributed by atoms with Gasteiger partial charge in [0.15, 0.2) is 0 Å². The van der Waals surface area contributed by atoms with Gasteiger partial charge in [0.2, 0.25) is 5.91 Å². The average molecular weight is 284 g/mol. The highest BCUT2D eigenvalue weighted by Gasteiger charge is 2.05. The summed E-state index contributed by atoms with van der Waals surface area (Å²) in [4.78, 5) is 26.6. The number of hydrogen-bond donors (Lipinski definition) is 2. The van der Waals surface area contributed by atoms with Crippen LogP contribution in [0.3, 0.4) is 0 Å². The molecule has 5 nitrogen and oxygen atoms in total. The minimum absolute atomic E-state index is 0.0199. The number of nitrogens with one attached hydrogen (secondary N) is 1. The van der Waals surface area contributed by atoms with Gasteiger partial charge in [-0.15, -0.1) is 0 Å². The zero-order chi connectivity index (χ0) is 15.1. The van der Waals surface area contributed by atoms with Crippen LogP contribution in [0.15, 0.2) is 48.7 Å². The first-order valence-corrected chi connectivity index (χ1v) is 6.64. The van der Waals surface area contributed by atoms with Crippen LogP contribution in [0.25, 0.3) is 0 Å². The summed E-state index contributed by atoms with van der Waals surface area (Å²) in [5.41, 5.74) is 2.24. The quantitative estimate of drug-likeness (QED) is 0.853. The fraction of sp³-hybridized carbons (Fsp3) is 0.188. The molecule has 2 aromatic rings. The summed E-state index contributed by atoms with van der Waals surface area (Å²) >= 11 is 0. The second-order valence-electron chi connectivity index (χ2n) is 4.64. The van der Waals surface area contributed by atoms with E-state index in [1.807, 2.05) is 18.2 Å². The van der Waals surface area contributed by atoms with Crippen molar-refractivity contribution >= 4 is 17.6 Å². The Labute approximate surface area is 122 Å². The van der Waals surface area contributed by atoms with Crippen LogP contribution < -0.4 is 5.32 Å². The van der Waals surface area contributed by atoms with Crippen molar-refractivity contribution in [3.05, 3.63) is 59.9 Å². The third-order valence-corrected chi connectivity index (χ3v) is 2.93. The Bertz CT molecular complexity index is 609. The average Bonchev–Trinajstić information content (AvgIpc) is 2.48. The predicted octanol–water partition coefficient (Wildman–Crippen LogP) is 2.28. The molecule has 108 valence electrons. The SMILES string of the molecule is O=C(O)Cc1ccc(NC(=O)CCc2ccccn2)cc1. The third kappa shape index (κ3) is 5.06. The second kappa shape index (κ2) is 7.19. The number of rotatable bonds is 6. The minimum atomic E-state index is -0.873. The number of benzene rings is 1. The Hall–Kier alpha value is -2.69. The van der Waals surface area contributed by atoms with Crippen molar-refractivity contribution in [1.29, 1.82) is 0 Å². The van der Waals surface area contributed by atoms with Crippen molar-refractivity contribution < 1.29 is 14.7 Å². The van der Waals surface area contributed by atoms with Crippen molar-refractivity contribution in [1.82, 2.24) is 4.98 Å². The van der Waals surface area contributed by atoms with Gasteiger partial charge in [0, 0.05) is 24.0 Å². The maximum absolute atomic E-state index is 11.8. The van der Waals surface area contributed by atoms with Crippen LogP contribution in [-0.4, -0.2) is 22.0 Å². The molecule has 2 N–H and O–H groups in total. The Morgan fingerprint density at radius 1 is 1.10 bits per heavy atom. The second-order valence-corrected chi connectivity index (χ2v) is 4.64. The van der Waals surface area contributed by atoms with Crippen LogP contribution in [0.1, 0.15) is 17.7 Å². The molecule has 21 heavy (non-hydrogen) atoms. The van der Waals surface area contributed by atoms with Gasteiger partial charge in [-0.2, -0.15) is 0 Å². The number of pyridine rings is 1. The van der Waals surface area contributed by atoms with E-state index in [2.05, 4.69) is 10.3 Å². The molecular weight excluding hydrogens is 268 g/mol. The number of anilines is 1. The fourth-order valence-electron chi connectivity index (χ4n) is 1.89. The summed E-state index contributed by atoms with van der Waals surface area (Å²) in [6, 6.07) is 12.4. The molecule has 0 aliphatic carbocycles. The first kappa shape index (κ1) is 14.7. The number of aryl methyl sites for hydroxylation is 1. The number of carbonyl (C=O) groups is 2. The summed E-state index contributed by atoms with van der Waals surface area (Å²) < 4.78 is 0. The van der Waals surface area contributed by atoms with E-state index in [4.69, 9.17) is 5.11 Å². The molecule has 0 radical (unpaired) electrons. The Morgan fingerprint density at radius 2 is 1.86 bits per heavy atom. The number of hydrogen-bond acceptors (Lipinski definition) is 3. The van der Waals surface area contributed by atoms with Crippen molar-refractivity contribution in [3.8, 4) is 0 Å². The summed E-state index contributed by atoms with van der Waals surface area (Å²) in [6.07, 6.45) is 2.62. The van der Waals surface area contributed by atoms with E-state index in [9.17, 15) is 9.59 Å². The van der Waals surface area contributed by atoms with Crippen LogP contribution in [-0.2, 0) is 22.4 Å². The fourth-order valence-corrected chi connectivity index (χ4v) is 1.89. The van der Waals surface area contributed by atoms with Crippen LogP contribution in [0.4, 0.5) is 5.69 Å². The van der Waals surface area contributed by atoms with Crippen LogP contribution in [0, 0.1) is 0 Å². The minimum Gasteiger partial charge on any atom is -0.481 e. The Morgan fingerprint density at radius 3 is 2.48 bits per heavy atom. The molecule has 5 heteroatoms. The third-order valence-electron chi connectivity index (χ3n) is 2.93. The number of aromatic nitrogens is 1. The maximum atomic E-state index is 11.8. The van der Waals surface area contributed by atoms with Gasteiger partial charge in [0.05, 0.1) is 6.42 Å². The van der Waals surface area contributed by atoms with Gasteiger partial charge in [-0.3, -0.25) is 14.6 Å². The van der Waals surface area contributed by atoms with E-state index in [0.29, 0.717) is 24.1 Å². The van der Waals surface area contributed by atoms with E-state index in [0.717, 1.165) is 5.69 Å². The lowest BCUT2D eigenvalue weighted by Crippen LogP contribution is -2.12. The molecule has 1 aromatic carbocycles. The van der Waals surface area contributed by atoms with Crippen molar-refractivity contribution in [3.63, 3.8) is 0 Å². The van der Waals surface area contributed by atoms with Gasteiger partial charge >= 0.3 is 5.97 Å². The van der Waals surface area contributed by atoms with Gasteiger partial charge in [-0.25, -0.2) is 0 Å². The number of amides is 1. The van der Waals surface area contributed by atoms with E-state index < -0.39 is 5.97 Å². The van der Waals surface area contributed by atoms with E-state index >= 15 is 0 Å².